The van der Waals surface area contributed by atoms with Crippen LogP contribution >= 0.6 is 12.2 Å². The number of rotatable bonds is 3. The molecule has 0 aliphatic heterocycles. The molecule has 3 N–H and O–H groups in total. The first kappa shape index (κ1) is 15.8. The molecule has 0 aromatic rings. The molecule has 4 nitrogen and oxygen atoms in total. The lowest BCUT2D eigenvalue weighted by Crippen LogP contribution is -2.48. The molecule has 0 saturated carbocycles. The SMILES string of the molecule is CC.CC(C)(C)NNC(=S)CC(=O)O. The molecule has 0 spiro atoms. The van der Waals surface area contributed by atoms with Gasteiger partial charge in [-0.1, -0.05) is 26.1 Å². The highest BCUT2D eigenvalue weighted by molar-refractivity contribution is 7.80. The van der Waals surface area contributed by atoms with Crippen molar-refractivity contribution in [3.05, 3.63) is 0 Å². The molecule has 84 valence electrons. The average Bonchev–Trinajstić information content (AvgIpc) is 2.02. The number of aliphatic carboxylic acids is 1. The van der Waals surface area contributed by atoms with Crippen LogP contribution in [0.15, 0.2) is 0 Å². The maximum absolute atomic E-state index is 10.2. The van der Waals surface area contributed by atoms with Crippen LogP contribution in [0.25, 0.3) is 0 Å². The van der Waals surface area contributed by atoms with E-state index < -0.39 is 5.97 Å². The largest absolute Gasteiger partial charge is 0.481 e. The van der Waals surface area contributed by atoms with Crippen molar-refractivity contribution in [2.75, 3.05) is 0 Å². The molecule has 5 heteroatoms. The van der Waals surface area contributed by atoms with Crippen LogP contribution in [-0.2, 0) is 4.79 Å². The Morgan fingerprint density at radius 2 is 1.79 bits per heavy atom. The van der Waals surface area contributed by atoms with Gasteiger partial charge in [-0.15, -0.1) is 0 Å². The predicted octanol–water partition coefficient (Wildman–Crippen LogP) is 1.71. The number of carbonyl (C=O) groups is 1. The number of carboxylic acids is 1. The molecule has 0 atom stereocenters. The second-order valence-corrected chi connectivity index (χ2v) is 3.99. The zero-order valence-corrected chi connectivity index (χ0v) is 10.3. The predicted molar refractivity (Wildman–Crippen MR) is 62.2 cm³/mol. The fraction of sp³-hybridized carbons (Fsp3) is 0.778. The van der Waals surface area contributed by atoms with Gasteiger partial charge in [0.1, 0.15) is 4.99 Å². The van der Waals surface area contributed by atoms with Crippen molar-refractivity contribution in [2.45, 2.75) is 46.6 Å². The molecule has 0 amide bonds. The molecule has 0 aliphatic rings. The van der Waals surface area contributed by atoms with E-state index in [9.17, 15) is 4.79 Å². The van der Waals surface area contributed by atoms with Gasteiger partial charge in [-0.2, -0.15) is 0 Å². The van der Waals surface area contributed by atoms with Crippen LogP contribution in [0.3, 0.4) is 0 Å². The van der Waals surface area contributed by atoms with Crippen molar-refractivity contribution in [1.29, 1.82) is 0 Å². The minimum absolute atomic E-state index is 0.122. The standard InChI is InChI=1S/C7H14N2O2S.C2H6/c1-7(2,3)9-8-5(12)4-6(10)11;1-2/h9H,4H2,1-3H3,(H,8,12)(H,10,11);1-2H3. The topological polar surface area (TPSA) is 61.4 Å². The van der Waals surface area contributed by atoms with Gasteiger partial charge in [0, 0.05) is 5.54 Å². The molecular weight excluding hydrogens is 200 g/mol. The Morgan fingerprint density at radius 1 is 1.36 bits per heavy atom. The number of hydrazine groups is 1. The summed E-state index contributed by atoms with van der Waals surface area (Å²) >= 11 is 4.74. The average molecular weight is 220 g/mol. The van der Waals surface area contributed by atoms with E-state index in [4.69, 9.17) is 17.3 Å². The highest BCUT2D eigenvalue weighted by Crippen LogP contribution is 1.95. The first-order chi connectivity index (χ1) is 6.31. The third-order valence-corrected chi connectivity index (χ3v) is 1.14. The van der Waals surface area contributed by atoms with Gasteiger partial charge >= 0.3 is 5.97 Å². The molecule has 0 heterocycles. The maximum Gasteiger partial charge on any atom is 0.310 e. The smallest absolute Gasteiger partial charge is 0.310 e. The van der Waals surface area contributed by atoms with Crippen LogP contribution in [0.5, 0.6) is 0 Å². The Hall–Kier alpha value is -0.680. The van der Waals surface area contributed by atoms with Gasteiger partial charge in [0.2, 0.25) is 0 Å². The second kappa shape index (κ2) is 7.70. The summed E-state index contributed by atoms with van der Waals surface area (Å²) in [6, 6.07) is 0. The third-order valence-electron chi connectivity index (χ3n) is 0.889. The lowest BCUT2D eigenvalue weighted by atomic mass is 10.1. The number of hydrogen-bond donors (Lipinski definition) is 3. The van der Waals surface area contributed by atoms with Crippen LogP contribution < -0.4 is 10.9 Å². The minimum atomic E-state index is -0.928. The van der Waals surface area contributed by atoms with Gasteiger partial charge in [0.25, 0.3) is 0 Å². The molecule has 0 rings (SSSR count). The Balaban J connectivity index is 0. The van der Waals surface area contributed by atoms with E-state index in [1.165, 1.54) is 0 Å². The molecular formula is C9H20N2O2S. The molecule has 0 aromatic carbocycles. The van der Waals surface area contributed by atoms with E-state index in [-0.39, 0.29) is 16.9 Å². The fourth-order valence-electron chi connectivity index (χ4n) is 0.439. The number of nitrogens with one attached hydrogen (secondary N) is 2. The van der Waals surface area contributed by atoms with E-state index in [1.54, 1.807) is 0 Å². The van der Waals surface area contributed by atoms with Gasteiger partial charge in [-0.25, -0.2) is 5.43 Å². The van der Waals surface area contributed by atoms with Crippen LogP contribution in [-0.4, -0.2) is 21.6 Å². The van der Waals surface area contributed by atoms with Crippen LogP contribution in [0.2, 0.25) is 0 Å². The third kappa shape index (κ3) is 13.9. The first-order valence-corrected chi connectivity index (χ1v) is 5.00. The summed E-state index contributed by atoms with van der Waals surface area (Å²) in [7, 11) is 0. The zero-order chi connectivity index (χ0) is 11.8. The highest BCUT2D eigenvalue weighted by Gasteiger charge is 2.10. The van der Waals surface area contributed by atoms with E-state index in [1.807, 2.05) is 34.6 Å². The summed E-state index contributed by atoms with van der Waals surface area (Å²) in [6.45, 7) is 9.84. The highest BCUT2D eigenvalue weighted by atomic mass is 32.1. The van der Waals surface area contributed by atoms with Crippen molar-refractivity contribution in [3.8, 4) is 0 Å². The molecule has 0 radical (unpaired) electrons. The van der Waals surface area contributed by atoms with Crippen molar-refractivity contribution in [1.82, 2.24) is 10.9 Å². The summed E-state index contributed by atoms with van der Waals surface area (Å²) in [5.74, 6) is -0.928. The van der Waals surface area contributed by atoms with E-state index in [0.717, 1.165) is 0 Å². The molecule has 0 saturated heterocycles. The Bertz CT molecular complexity index is 188. The van der Waals surface area contributed by atoms with Gasteiger partial charge < -0.3 is 10.5 Å². The molecule has 14 heavy (non-hydrogen) atoms. The summed E-state index contributed by atoms with van der Waals surface area (Å²) in [6.07, 6.45) is -0.140. The van der Waals surface area contributed by atoms with Gasteiger partial charge in [0.05, 0.1) is 6.42 Å². The van der Waals surface area contributed by atoms with Crippen molar-refractivity contribution in [2.24, 2.45) is 0 Å². The molecule has 0 aromatic heterocycles. The number of thiocarbonyl (C=S) groups is 1. The van der Waals surface area contributed by atoms with Crippen LogP contribution in [0, 0.1) is 0 Å². The minimum Gasteiger partial charge on any atom is -0.481 e. The lowest BCUT2D eigenvalue weighted by molar-refractivity contribution is -0.135. The molecule has 0 bridgehead atoms. The van der Waals surface area contributed by atoms with E-state index >= 15 is 0 Å². The Labute approximate surface area is 91.0 Å². The summed E-state index contributed by atoms with van der Waals surface area (Å²) in [4.78, 5) is 10.5. The number of hydrogen-bond acceptors (Lipinski definition) is 3. The van der Waals surface area contributed by atoms with E-state index in [0.29, 0.717) is 0 Å². The summed E-state index contributed by atoms with van der Waals surface area (Å²) in [5, 5.41) is 8.36. The maximum atomic E-state index is 10.2. The van der Waals surface area contributed by atoms with Crippen molar-refractivity contribution in [3.63, 3.8) is 0 Å². The van der Waals surface area contributed by atoms with Gasteiger partial charge in [-0.05, 0) is 20.8 Å². The number of carboxylic acid groups (broad SMARTS) is 1. The fourth-order valence-corrected chi connectivity index (χ4v) is 0.613. The van der Waals surface area contributed by atoms with Crippen LogP contribution in [0.4, 0.5) is 0 Å². The van der Waals surface area contributed by atoms with Crippen molar-refractivity contribution >= 4 is 23.2 Å². The molecule has 0 fully saturated rings. The quantitative estimate of drug-likeness (QED) is 0.499. The van der Waals surface area contributed by atoms with E-state index in [2.05, 4.69) is 10.9 Å². The van der Waals surface area contributed by atoms with Crippen molar-refractivity contribution < 1.29 is 9.90 Å². The monoisotopic (exact) mass is 220 g/mol. The molecule has 0 aliphatic carbocycles. The normalized spacial score (nSPS) is 9.79. The van der Waals surface area contributed by atoms with Gasteiger partial charge in [0.15, 0.2) is 0 Å². The summed E-state index contributed by atoms with van der Waals surface area (Å²) < 4.78 is 0. The first-order valence-electron chi connectivity index (χ1n) is 4.59. The lowest BCUT2D eigenvalue weighted by Gasteiger charge is -2.21. The second-order valence-electron chi connectivity index (χ2n) is 3.49. The Morgan fingerprint density at radius 3 is 2.07 bits per heavy atom. The molecule has 0 unspecified atom stereocenters. The van der Waals surface area contributed by atoms with Crippen LogP contribution in [0.1, 0.15) is 41.0 Å². The zero-order valence-electron chi connectivity index (χ0n) is 9.47. The summed E-state index contributed by atoms with van der Waals surface area (Å²) in [5.41, 5.74) is 5.40. The Kier molecular flexibility index (Phi) is 8.68. The van der Waals surface area contributed by atoms with Gasteiger partial charge in [-0.3, -0.25) is 4.79 Å².